The average Bonchev–Trinajstić information content (AvgIpc) is 2.76. The first-order valence-corrected chi connectivity index (χ1v) is 7.25. The molecule has 2 aliphatic heterocycles. The Bertz CT molecular complexity index is 958. The number of carbonyl (C=O) groups is 3. The predicted octanol–water partition coefficient (Wildman–Crippen LogP) is 1.74. The molecule has 24 heavy (non-hydrogen) atoms. The van der Waals surface area contributed by atoms with Crippen LogP contribution >= 0.6 is 0 Å². The van der Waals surface area contributed by atoms with Crippen LogP contribution in [0.5, 0.6) is 5.75 Å². The van der Waals surface area contributed by atoms with E-state index in [0.29, 0.717) is 11.3 Å². The highest BCUT2D eigenvalue weighted by molar-refractivity contribution is 6.35. The van der Waals surface area contributed by atoms with E-state index < -0.39 is 17.6 Å². The molecule has 118 valence electrons. The first-order chi connectivity index (χ1) is 11.6. The van der Waals surface area contributed by atoms with Crippen molar-refractivity contribution in [1.29, 1.82) is 0 Å². The van der Waals surface area contributed by atoms with Gasteiger partial charge in [0.05, 0.1) is 11.1 Å². The Hall–Kier alpha value is -3.41. The molecular formula is C18H11NO5. The molecule has 0 spiro atoms. The number of aliphatic hydroxyl groups excluding tert-OH is 1. The lowest BCUT2D eigenvalue weighted by Crippen LogP contribution is -2.23. The van der Waals surface area contributed by atoms with Crippen molar-refractivity contribution in [2.24, 2.45) is 0 Å². The van der Waals surface area contributed by atoms with E-state index in [0.717, 1.165) is 5.56 Å². The van der Waals surface area contributed by atoms with Gasteiger partial charge in [-0.05, 0) is 17.7 Å². The molecule has 0 aliphatic carbocycles. The lowest BCUT2D eigenvalue weighted by Gasteiger charge is -2.08. The van der Waals surface area contributed by atoms with Crippen LogP contribution in [-0.2, 0) is 16.2 Å². The monoisotopic (exact) mass is 321 g/mol. The predicted molar refractivity (Wildman–Crippen MR) is 83.3 cm³/mol. The zero-order valence-corrected chi connectivity index (χ0v) is 12.3. The summed E-state index contributed by atoms with van der Waals surface area (Å²) in [5, 5.41) is 11.8. The van der Waals surface area contributed by atoms with Crippen LogP contribution in [0.15, 0.2) is 48.2 Å². The molecule has 0 radical (unpaired) electrons. The maximum absolute atomic E-state index is 12.8. The first kappa shape index (κ1) is 14.2. The highest BCUT2D eigenvalue weighted by atomic mass is 16.5. The molecule has 0 unspecified atom stereocenters. The lowest BCUT2D eigenvalue weighted by atomic mass is 9.95. The van der Waals surface area contributed by atoms with E-state index in [1.54, 1.807) is 18.2 Å². The maximum atomic E-state index is 12.8. The molecule has 0 saturated carbocycles. The van der Waals surface area contributed by atoms with E-state index in [4.69, 9.17) is 4.74 Å². The minimum atomic E-state index is -0.849. The van der Waals surface area contributed by atoms with Crippen LogP contribution in [0.3, 0.4) is 0 Å². The second-order valence-corrected chi connectivity index (χ2v) is 5.49. The Kier molecular flexibility index (Phi) is 2.99. The molecule has 0 atom stereocenters. The minimum absolute atomic E-state index is 0.145. The highest BCUT2D eigenvalue weighted by Gasteiger charge is 2.32. The molecule has 6 nitrogen and oxygen atoms in total. The molecule has 0 aromatic heterocycles. The van der Waals surface area contributed by atoms with Crippen LogP contribution in [0.4, 0.5) is 0 Å². The molecule has 2 aromatic carbocycles. The van der Waals surface area contributed by atoms with Crippen molar-refractivity contribution in [1.82, 2.24) is 5.32 Å². The Balaban J connectivity index is 1.87. The second-order valence-electron chi connectivity index (χ2n) is 5.49. The average molecular weight is 321 g/mol. The summed E-state index contributed by atoms with van der Waals surface area (Å²) in [6.07, 6.45) is 0. The number of carbonyl (C=O) groups excluding carboxylic acids is 3. The van der Waals surface area contributed by atoms with Crippen LogP contribution < -0.4 is 10.1 Å². The molecule has 2 heterocycles. The van der Waals surface area contributed by atoms with Crippen LogP contribution in [0, 0.1) is 0 Å². The van der Waals surface area contributed by atoms with Gasteiger partial charge in [0.2, 0.25) is 0 Å². The van der Waals surface area contributed by atoms with Crippen molar-refractivity contribution < 1.29 is 24.2 Å². The second kappa shape index (κ2) is 5.06. The fourth-order valence-corrected chi connectivity index (χ4v) is 2.87. The van der Waals surface area contributed by atoms with Crippen molar-refractivity contribution in [3.8, 4) is 5.75 Å². The van der Waals surface area contributed by atoms with Crippen LogP contribution in [0.2, 0.25) is 0 Å². The smallest absolute Gasteiger partial charge is 0.293 e. The number of benzene rings is 2. The highest BCUT2D eigenvalue weighted by Crippen LogP contribution is 2.32. The SMILES string of the molecule is O=C1NC(=O)C(c2ccc3c(c2)C(=O)c2ccccc2CO3)=C1O. The molecular weight excluding hydrogens is 310 g/mol. The molecule has 0 bridgehead atoms. The van der Waals surface area contributed by atoms with E-state index >= 15 is 0 Å². The van der Waals surface area contributed by atoms with E-state index in [2.05, 4.69) is 0 Å². The zero-order valence-electron chi connectivity index (χ0n) is 12.3. The summed E-state index contributed by atoms with van der Waals surface area (Å²) in [4.78, 5) is 36.1. The lowest BCUT2D eigenvalue weighted by molar-refractivity contribution is -0.124. The Morgan fingerprint density at radius 1 is 0.958 bits per heavy atom. The molecule has 2 aromatic rings. The van der Waals surface area contributed by atoms with Crippen molar-refractivity contribution in [2.75, 3.05) is 0 Å². The number of imide groups is 1. The van der Waals surface area contributed by atoms with Gasteiger partial charge in [-0.1, -0.05) is 30.3 Å². The summed E-state index contributed by atoms with van der Waals surface area (Å²) in [5.41, 5.74) is 1.72. The number of fused-ring (bicyclic) bond motifs is 2. The standard InChI is InChI=1S/C18H11NO5/c20-15-11-4-2-1-3-10(11)8-24-13-6-5-9(7-12(13)15)14-16(21)18(23)19-17(14)22/h1-7H,8H2,(H2,19,21,22,23). The topological polar surface area (TPSA) is 92.7 Å². The number of hydrogen-bond acceptors (Lipinski definition) is 5. The molecule has 0 saturated heterocycles. The number of ketones is 1. The molecule has 2 amide bonds. The summed E-state index contributed by atoms with van der Waals surface area (Å²) in [6.45, 7) is 0.265. The van der Waals surface area contributed by atoms with Crippen molar-refractivity contribution in [2.45, 2.75) is 6.61 Å². The van der Waals surface area contributed by atoms with Gasteiger partial charge < -0.3 is 9.84 Å². The summed E-state index contributed by atoms with van der Waals surface area (Å²) >= 11 is 0. The quantitative estimate of drug-likeness (QED) is 0.780. The molecule has 2 N–H and O–H groups in total. The number of aliphatic hydroxyl groups is 1. The number of rotatable bonds is 1. The minimum Gasteiger partial charge on any atom is -0.502 e. The molecule has 4 rings (SSSR count). The third-order valence-corrected chi connectivity index (χ3v) is 4.06. The van der Waals surface area contributed by atoms with Crippen LogP contribution in [0.25, 0.3) is 5.57 Å². The van der Waals surface area contributed by atoms with Crippen molar-refractivity contribution in [3.05, 3.63) is 70.5 Å². The van der Waals surface area contributed by atoms with Crippen molar-refractivity contribution >= 4 is 23.2 Å². The van der Waals surface area contributed by atoms with Crippen molar-refractivity contribution in [3.63, 3.8) is 0 Å². The zero-order chi connectivity index (χ0) is 16.8. The molecule has 2 aliphatic rings. The van der Waals surface area contributed by atoms with E-state index in [-0.39, 0.29) is 29.1 Å². The molecule has 6 heteroatoms. The van der Waals surface area contributed by atoms with Gasteiger partial charge in [-0.15, -0.1) is 0 Å². The number of nitrogens with one attached hydrogen (secondary N) is 1. The van der Waals surface area contributed by atoms with Crippen LogP contribution in [-0.4, -0.2) is 22.7 Å². The Labute approximate surface area is 136 Å². The van der Waals surface area contributed by atoms with Gasteiger partial charge in [-0.3, -0.25) is 19.7 Å². The number of ether oxygens (including phenoxy) is 1. The fourth-order valence-electron chi connectivity index (χ4n) is 2.87. The third-order valence-electron chi connectivity index (χ3n) is 4.06. The molecule has 0 fully saturated rings. The van der Waals surface area contributed by atoms with Gasteiger partial charge in [0, 0.05) is 11.1 Å². The number of amides is 2. The van der Waals surface area contributed by atoms with E-state index in [9.17, 15) is 19.5 Å². The van der Waals surface area contributed by atoms with Gasteiger partial charge in [-0.25, -0.2) is 0 Å². The number of hydrogen-bond donors (Lipinski definition) is 2. The van der Waals surface area contributed by atoms with Gasteiger partial charge in [0.1, 0.15) is 12.4 Å². The third kappa shape index (κ3) is 2.00. The van der Waals surface area contributed by atoms with E-state index in [1.165, 1.54) is 12.1 Å². The Morgan fingerprint density at radius 3 is 2.50 bits per heavy atom. The van der Waals surface area contributed by atoms with Gasteiger partial charge in [0.15, 0.2) is 11.5 Å². The van der Waals surface area contributed by atoms with E-state index in [1.807, 2.05) is 17.4 Å². The largest absolute Gasteiger partial charge is 0.502 e. The first-order valence-electron chi connectivity index (χ1n) is 7.25. The summed E-state index contributed by atoms with van der Waals surface area (Å²) in [6, 6.07) is 11.7. The summed E-state index contributed by atoms with van der Waals surface area (Å²) in [5.74, 6) is -2.03. The Morgan fingerprint density at radius 2 is 1.75 bits per heavy atom. The maximum Gasteiger partial charge on any atom is 0.293 e. The van der Waals surface area contributed by atoms with Crippen LogP contribution in [0.1, 0.15) is 27.0 Å². The van der Waals surface area contributed by atoms with Gasteiger partial charge in [-0.2, -0.15) is 0 Å². The summed E-state index contributed by atoms with van der Waals surface area (Å²) in [7, 11) is 0. The van der Waals surface area contributed by atoms with Gasteiger partial charge in [0.25, 0.3) is 11.8 Å². The fraction of sp³-hybridized carbons (Fsp3) is 0.0556. The normalized spacial score (nSPS) is 16.2. The summed E-state index contributed by atoms with van der Waals surface area (Å²) < 4.78 is 5.67. The van der Waals surface area contributed by atoms with Gasteiger partial charge >= 0.3 is 0 Å².